The Kier molecular flexibility index (Phi) is 3.57. The molecule has 0 aromatic rings. The minimum Gasteiger partial charge on any atom is -0.285 e. The van der Waals surface area contributed by atoms with E-state index in [0.717, 1.165) is 0 Å². The van der Waals surface area contributed by atoms with Gasteiger partial charge in [-0.2, -0.15) is 20.5 Å². The van der Waals surface area contributed by atoms with E-state index in [1.807, 2.05) is 0 Å². The van der Waals surface area contributed by atoms with E-state index in [0.29, 0.717) is 0 Å². The fourth-order valence-corrected chi connectivity index (χ4v) is 2.64. The van der Waals surface area contributed by atoms with Gasteiger partial charge in [0.05, 0.1) is 0 Å². The summed E-state index contributed by atoms with van der Waals surface area (Å²) < 4.78 is 61.4. The Morgan fingerprint density at radius 3 is 2.00 bits per heavy atom. The molecule has 0 saturated carbocycles. The number of hydrogen-bond acceptors (Lipinski definition) is 6. The Labute approximate surface area is 66.9 Å². The van der Waals surface area contributed by atoms with E-state index in [2.05, 4.69) is 3.63 Å². The second kappa shape index (κ2) is 3.58. The summed E-state index contributed by atoms with van der Waals surface area (Å²) in [7, 11) is -9.11. The average molecular weight is 224 g/mol. The third kappa shape index (κ3) is 6.37. The summed E-state index contributed by atoms with van der Waals surface area (Å²) in [6, 6.07) is 0. The normalized spacial score (nSPS) is 13.2. The highest BCUT2D eigenvalue weighted by atomic mass is 32.3. The van der Waals surface area contributed by atoms with Gasteiger partial charge in [-0.1, -0.05) is 0 Å². The molecule has 0 amide bonds. The molecule has 0 rings (SSSR count). The lowest BCUT2D eigenvalue weighted by molar-refractivity contribution is 0.480. The monoisotopic (exact) mass is 224 g/mol. The Balaban J connectivity index is 4.52. The van der Waals surface area contributed by atoms with Crippen LogP contribution in [-0.2, 0) is 35.8 Å². The average Bonchev–Trinajstić information content (AvgIpc) is 1.55. The standard InChI is InChI=1S/CH4O7S3/c2-9-8-11(6,7)1-10(3,4)5/h9H,1H2,(H,3,4,5). The first-order chi connectivity index (χ1) is 4.77. The Bertz CT molecular complexity index is 319. The smallest absolute Gasteiger partial charge is 0.285 e. The van der Waals surface area contributed by atoms with Crippen LogP contribution in [0.5, 0.6) is 0 Å². The van der Waals surface area contributed by atoms with Crippen molar-refractivity contribution in [3.05, 3.63) is 0 Å². The number of hydrogen-bond donors (Lipinski definition) is 2. The summed E-state index contributed by atoms with van der Waals surface area (Å²) in [5.41, 5.74) is 0. The first-order valence-electron chi connectivity index (χ1n) is 1.96. The predicted molar refractivity (Wildman–Crippen MR) is 36.0 cm³/mol. The summed E-state index contributed by atoms with van der Waals surface area (Å²) in [5, 5.41) is -1.60. The van der Waals surface area contributed by atoms with Gasteiger partial charge in [0.1, 0.15) is 0 Å². The maximum Gasteiger partial charge on any atom is 0.297 e. The van der Waals surface area contributed by atoms with Crippen LogP contribution < -0.4 is 0 Å². The summed E-state index contributed by atoms with van der Waals surface area (Å²) in [6.07, 6.45) is 0. The SMILES string of the molecule is O=[SH]OS(=O)(=O)CS(=O)(=O)O. The van der Waals surface area contributed by atoms with Crippen molar-refractivity contribution in [1.82, 2.24) is 0 Å². The van der Waals surface area contributed by atoms with E-state index in [-0.39, 0.29) is 0 Å². The first-order valence-corrected chi connectivity index (χ1v) is 5.88. The van der Waals surface area contributed by atoms with Gasteiger partial charge in [-0.25, -0.2) is 4.21 Å². The van der Waals surface area contributed by atoms with E-state index in [4.69, 9.17) is 4.55 Å². The third-order valence-corrected chi connectivity index (χ3v) is 3.94. The van der Waals surface area contributed by atoms with E-state index >= 15 is 0 Å². The molecule has 7 nitrogen and oxygen atoms in total. The van der Waals surface area contributed by atoms with Crippen molar-refractivity contribution in [2.24, 2.45) is 0 Å². The van der Waals surface area contributed by atoms with Crippen molar-refractivity contribution >= 4 is 32.2 Å². The molecule has 0 bridgehead atoms. The molecule has 0 radical (unpaired) electrons. The van der Waals surface area contributed by atoms with Crippen molar-refractivity contribution in [3.8, 4) is 0 Å². The summed E-state index contributed by atoms with van der Waals surface area (Å²) in [5.74, 6) is 0. The van der Waals surface area contributed by atoms with Gasteiger partial charge >= 0.3 is 0 Å². The van der Waals surface area contributed by atoms with Crippen LogP contribution in [0.2, 0.25) is 0 Å². The zero-order valence-electron chi connectivity index (χ0n) is 4.87. The molecule has 0 fully saturated rings. The fraction of sp³-hybridized carbons (Fsp3) is 1.00. The fourth-order valence-electron chi connectivity index (χ4n) is 0.250. The van der Waals surface area contributed by atoms with Crippen LogP contribution >= 0.6 is 0 Å². The molecule has 0 unspecified atom stereocenters. The van der Waals surface area contributed by atoms with Crippen molar-refractivity contribution in [1.29, 1.82) is 0 Å². The quantitative estimate of drug-likeness (QED) is 0.420. The second-order valence-corrected chi connectivity index (χ2v) is 5.37. The van der Waals surface area contributed by atoms with Gasteiger partial charge in [0.15, 0.2) is 11.9 Å². The Hall–Kier alpha value is -0.0300. The van der Waals surface area contributed by atoms with Crippen molar-refractivity contribution in [2.75, 3.05) is 5.08 Å². The lowest BCUT2D eigenvalue weighted by atomic mass is 11.9. The highest BCUT2D eigenvalue weighted by Crippen LogP contribution is 1.96. The largest absolute Gasteiger partial charge is 0.297 e. The Morgan fingerprint density at radius 2 is 1.73 bits per heavy atom. The highest BCUT2D eigenvalue weighted by Gasteiger charge is 2.20. The van der Waals surface area contributed by atoms with Gasteiger partial charge in [0.2, 0.25) is 5.08 Å². The summed E-state index contributed by atoms with van der Waals surface area (Å²) >= 11 is -1.19. The maximum absolute atomic E-state index is 10.3. The van der Waals surface area contributed by atoms with Crippen LogP contribution in [0.1, 0.15) is 0 Å². The van der Waals surface area contributed by atoms with Crippen molar-refractivity contribution in [2.45, 2.75) is 0 Å². The highest BCUT2D eigenvalue weighted by molar-refractivity contribution is 8.05. The summed E-state index contributed by atoms with van der Waals surface area (Å²) in [4.78, 5) is 0. The van der Waals surface area contributed by atoms with Gasteiger partial charge in [0.25, 0.3) is 20.2 Å². The number of rotatable bonds is 4. The van der Waals surface area contributed by atoms with Crippen LogP contribution in [0.25, 0.3) is 0 Å². The zero-order valence-corrected chi connectivity index (χ0v) is 7.39. The van der Waals surface area contributed by atoms with Crippen LogP contribution in [0.15, 0.2) is 0 Å². The van der Waals surface area contributed by atoms with Gasteiger partial charge in [-0.05, 0) is 0 Å². The molecular weight excluding hydrogens is 220 g/mol. The molecule has 1 N–H and O–H groups in total. The van der Waals surface area contributed by atoms with E-state index in [1.165, 1.54) is 0 Å². The van der Waals surface area contributed by atoms with Crippen LogP contribution in [0.4, 0.5) is 0 Å². The molecule has 0 aliphatic carbocycles. The molecule has 0 aliphatic heterocycles. The van der Waals surface area contributed by atoms with E-state index in [1.54, 1.807) is 0 Å². The van der Waals surface area contributed by atoms with Crippen LogP contribution in [-0.4, -0.2) is 30.7 Å². The third-order valence-electron chi connectivity index (χ3n) is 0.437. The number of thiol groups is 1. The topological polar surface area (TPSA) is 115 Å². The lowest BCUT2D eigenvalue weighted by Crippen LogP contribution is -2.16. The molecule has 0 aliphatic rings. The van der Waals surface area contributed by atoms with Crippen molar-refractivity contribution in [3.63, 3.8) is 0 Å². The lowest BCUT2D eigenvalue weighted by Gasteiger charge is -1.94. The molecule has 0 spiro atoms. The minimum absolute atomic E-state index is 1.19. The van der Waals surface area contributed by atoms with Gasteiger partial charge in [-0.3, -0.25) is 4.55 Å². The van der Waals surface area contributed by atoms with Crippen molar-refractivity contribution < 1.29 is 29.2 Å². The van der Waals surface area contributed by atoms with Gasteiger partial charge in [0, 0.05) is 0 Å². The molecule has 10 heteroatoms. The zero-order chi connectivity index (χ0) is 9.12. The van der Waals surface area contributed by atoms with Gasteiger partial charge in [-0.15, -0.1) is 0 Å². The molecule has 0 saturated heterocycles. The minimum atomic E-state index is -4.66. The van der Waals surface area contributed by atoms with E-state index in [9.17, 15) is 21.0 Å². The van der Waals surface area contributed by atoms with Gasteiger partial charge < -0.3 is 0 Å². The summed E-state index contributed by atoms with van der Waals surface area (Å²) in [6.45, 7) is 0. The molecule has 0 aromatic heterocycles. The van der Waals surface area contributed by atoms with E-state index < -0.39 is 37.3 Å². The molecule has 0 atom stereocenters. The molecule has 0 heterocycles. The maximum atomic E-state index is 10.3. The first kappa shape index (κ1) is 11.0. The molecular formula is CH4O7S3. The molecule has 0 aromatic carbocycles. The molecule has 68 valence electrons. The predicted octanol–water partition coefficient (Wildman–Crippen LogP) is -1.96. The Morgan fingerprint density at radius 1 is 1.27 bits per heavy atom. The molecule has 11 heavy (non-hydrogen) atoms. The second-order valence-electron chi connectivity index (χ2n) is 1.41. The van der Waals surface area contributed by atoms with Crippen LogP contribution in [0, 0.1) is 0 Å². The van der Waals surface area contributed by atoms with Crippen LogP contribution in [0.3, 0.4) is 0 Å².